The molecule has 0 saturated carbocycles. The minimum Gasteiger partial charge on any atom is -0.504 e. The van der Waals surface area contributed by atoms with Gasteiger partial charge in [0.2, 0.25) is 5.75 Å². The molecule has 0 aliphatic carbocycles. The number of nitrogens with zero attached hydrogens (tertiary/aromatic N) is 2. The van der Waals surface area contributed by atoms with Gasteiger partial charge < -0.3 is 14.4 Å². The van der Waals surface area contributed by atoms with E-state index in [4.69, 9.17) is 4.74 Å². The Morgan fingerprint density at radius 2 is 2.16 bits per heavy atom. The summed E-state index contributed by atoms with van der Waals surface area (Å²) >= 11 is 0. The van der Waals surface area contributed by atoms with Crippen LogP contribution in [0, 0.1) is 10.1 Å². The average molecular weight is 264 g/mol. The molecule has 0 aliphatic rings. The molecule has 19 heavy (non-hydrogen) atoms. The van der Waals surface area contributed by atoms with Gasteiger partial charge in [-0.05, 0) is 13.0 Å². The van der Waals surface area contributed by atoms with Crippen LogP contribution in [0.4, 0.5) is 5.69 Å². The summed E-state index contributed by atoms with van der Waals surface area (Å²) in [6.45, 7) is 2.04. The maximum absolute atomic E-state index is 12.1. The second-order valence-corrected chi connectivity index (χ2v) is 3.89. The summed E-state index contributed by atoms with van der Waals surface area (Å²) in [7, 11) is 1.29. The number of aromatic hydroxyl groups is 1. The van der Waals surface area contributed by atoms with Gasteiger partial charge in [-0.15, -0.1) is 0 Å². The van der Waals surface area contributed by atoms with Crippen LogP contribution in [0.5, 0.6) is 11.5 Å². The van der Waals surface area contributed by atoms with E-state index >= 15 is 0 Å². The molecule has 0 fully saturated rings. The summed E-state index contributed by atoms with van der Waals surface area (Å²) in [5.41, 5.74) is -0.353. The van der Waals surface area contributed by atoms with Crippen LogP contribution in [-0.4, -0.2) is 21.7 Å². The standard InChI is InChI=1S/C12H12N2O5/c1-3-13-9-6-7(14(17)18)4-5-8(9)10(15)11(19-2)12(13)16/h4-6,15H,3H2,1-2H3. The van der Waals surface area contributed by atoms with Crippen molar-refractivity contribution in [3.8, 4) is 11.5 Å². The van der Waals surface area contributed by atoms with Gasteiger partial charge in [0.1, 0.15) is 0 Å². The molecule has 1 heterocycles. The van der Waals surface area contributed by atoms with Crippen molar-refractivity contribution >= 4 is 16.6 Å². The van der Waals surface area contributed by atoms with Crippen LogP contribution < -0.4 is 10.3 Å². The van der Waals surface area contributed by atoms with Crippen molar-refractivity contribution in [1.82, 2.24) is 4.57 Å². The number of rotatable bonds is 3. The van der Waals surface area contributed by atoms with Crippen molar-refractivity contribution in [3.63, 3.8) is 0 Å². The highest BCUT2D eigenvalue weighted by molar-refractivity contribution is 5.89. The Bertz CT molecular complexity index is 720. The van der Waals surface area contributed by atoms with Gasteiger partial charge in [-0.3, -0.25) is 14.9 Å². The van der Waals surface area contributed by atoms with E-state index in [0.29, 0.717) is 17.4 Å². The molecule has 0 atom stereocenters. The van der Waals surface area contributed by atoms with E-state index in [9.17, 15) is 20.0 Å². The van der Waals surface area contributed by atoms with Crippen LogP contribution in [0.3, 0.4) is 0 Å². The smallest absolute Gasteiger partial charge is 0.297 e. The number of non-ortho nitro benzene ring substituents is 1. The maximum Gasteiger partial charge on any atom is 0.297 e. The lowest BCUT2D eigenvalue weighted by Gasteiger charge is -2.12. The van der Waals surface area contributed by atoms with Gasteiger partial charge in [0.05, 0.1) is 17.5 Å². The summed E-state index contributed by atoms with van der Waals surface area (Å²) < 4.78 is 6.21. The molecule has 0 spiro atoms. The largest absolute Gasteiger partial charge is 0.504 e. The van der Waals surface area contributed by atoms with Gasteiger partial charge in [0.15, 0.2) is 5.75 Å². The van der Waals surface area contributed by atoms with Crippen molar-refractivity contribution in [1.29, 1.82) is 0 Å². The topological polar surface area (TPSA) is 94.6 Å². The molecule has 7 nitrogen and oxygen atoms in total. The summed E-state index contributed by atoms with van der Waals surface area (Å²) in [5.74, 6) is -0.467. The number of nitro groups is 1. The van der Waals surface area contributed by atoms with Crippen molar-refractivity contribution in [2.45, 2.75) is 13.5 Å². The fraction of sp³-hybridized carbons (Fsp3) is 0.250. The van der Waals surface area contributed by atoms with Crippen LogP contribution in [0.2, 0.25) is 0 Å². The molecule has 2 rings (SSSR count). The van der Waals surface area contributed by atoms with E-state index in [2.05, 4.69) is 0 Å². The summed E-state index contributed by atoms with van der Waals surface area (Å²) in [6, 6.07) is 3.93. The van der Waals surface area contributed by atoms with Gasteiger partial charge in [-0.1, -0.05) is 0 Å². The molecule has 1 aromatic carbocycles. The van der Waals surface area contributed by atoms with Crippen molar-refractivity contribution in [3.05, 3.63) is 38.7 Å². The normalized spacial score (nSPS) is 10.6. The van der Waals surface area contributed by atoms with E-state index in [1.165, 1.54) is 29.9 Å². The molecule has 2 aromatic rings. The lowest BCUT2D eigenvalue weighted by atomic mass is 10.1. The maximum atomic E-state index is 12.1. The van der Waals surface area contributed by atoms with E-state index in [1.54, 1.807) is 6.92 Å². The second kappa shape index (κ2) is 4.60. The molecule has 0 bridgehead atoms. The van der Waals surface area contributed by atoms with Gasteiger partial charge in [0, 0.05) is 24.1 Å². The molecule has 7 heteroatoms. The number of hydrogen-bond acceptors (Lipinski definition) is 5. The first-order valence-electron chi connectivity index (χ1n) is 5.59. The Morgan fingerprint density at radius 1 is 1.47 bits per heavy atom. The third-order valence-electron chi connectivity index (χ3n) is 2.91. The quantitative estimate of drug-likeness (QED) is 0.671. The Balaban J connectivity index is 2.95. The van der Waals surface area contributed by atoms with E-state index in [1.807, 2.05) is 0 Å². The number of benzene rings is 1. The number of methoxy groups -OCH3 is 1. The summed E-state index contributed by atoms with van der Waals surface area (Å²) in [4.78, 5) is 22.3. The van der Waals surface area contributed by atoms with Crippen molar-refractivity contribution < 1.29 is 14.8 Å². The van der Waals surface area contributed by atoms with Crippen LogP contribution in [0.25, 0.3) is 10.9 Å². The van der Waals surface area contributed by atoms with Crippen LogP contribution >= 0.6 is 0 Å². The number of aryl methyl sites for hydroxylation is 1. The third kappa shape index (κ3) is 1.88. The highest BCUT2D eigenvalue weighted by atomic mass is 16.6. The summed E-state index contributed by atoms with van der Waals surface area (Å²) in [6.07, 6.45) is 0. The van der Waals surface area contributed by atoms with E-state index in [0.717, 1.165) is 0 Å². The monoisotopic (exact) mass is 264 g/mol. The highest BCUT2D eigenvalue weighted by Crippen LogP contribution is 2.32. The zero-order valence-corrected chi connectivity index (χ0v) is 10.4. The van der Waals surface area contributed by atoms with Gasteiger partial charge in [-0.2, -0.15) is 0 Å². The second-order valence-electron chi connectivity index (χ2n) is 3.89. The van der Waals surface area contributed by atoms with E-state index in [-0.39, 0.29) is 17.2 Å². The van der Waals surface area contributed by atoms with Crippen LogP contribution in [0.15, 0.2) is 23.0 Å². The van der Waals surface area contributed by atoms with Gasteiger partial charge in [-0.25, -0.2) is 0 Å². The Kier molecular flexibility index (Phi) is 3.12. The first kappa shape index (κ1) is 12.9. The highest BCUT2D eigenvalue weighted by Gasteiger charge is 2.18. The predicted octanol–water partition coefficient (Wildman–Crippen LogP) is 1.64. The number of aromatic nitrogens is 1. The molecule has 1 N–H and O–H groups in total. The Hall–Kier alpha value is -2.57. The van der Waals surface area contributed by atoms with Crippen LogP contribution in [-0.2, 0) is 6.54 Å². The molecule has 0 unspecified atom stereocenters. The minimum atomic E-state index is -0.550. The number of fused-ring (bicyclic) bond motifs is 1. The number of pyridine rings is 1. The number of ether oxygens (including phenoxy) is 1. The molecule has 1 aromatic heterocycles. The first-order chi connectivity index (χ1) is 9.01. The lowest BCUT2D eigenvalue weighted by molar-refractivity contribution is -0.384. The zero-order chi connectivity index (χ0) is 14.2. The van der Waals surface area contributed by atoms with Crippen LogP contribution in [0.1, 0.15) is 6.92 Å². The molecule has 0 radical (unpaired) electrons. The Morgan fingerprint density at radius 3 is 2.68 bits per heavy atom. The Labute approximate surface area is 107 Å². The molecule has 100 valence electrons. The molecule has 0 amide bonds. The fourth-order valence-electron chi connectivity index (χ4n) is 2.01. The molecular weight excluding hydrogens is 252 g/mol. The van der Waals surface area contributed by atoms with E-state index < -0.39 is 10.5 Å². The van der Waals surface area contributed by atoms with Crippen molar-refractivity contribution in [2.24, 2.45) is 0 Å². The third-order valence-corrected chi connectivity index (χ3v) is 2.91. The average Bonchev–Trinajstić information content (AvgIpc) is 2.39. The first-order valence-corrected chi connectivity index (χ1v) is 5.59. The zero-order valence-electron chi connectivity index (χ0n) is 10.4. The number of nitro benzene ring substituents is 1. The lowest BCUT2D eigenvalue weighted by Crippen LogP contribution is -2.21. The number of hydrogen-bond donors (Lipinski definition) is 1. The minimum absolute atomic E-state index is 0.140. The van der Waals surface area contributed by atoms with Crippen molar-refractivity contribution in [2.75, 3.05) is 7.11 Å². The fourth-order valence-corrected chi connectivity index (χ4v) is 2.01. The summed E-state index contributed by atoms with van der Waals surface area (Å²) in [5, 5.41) is 21.1. The SMILES string of the molecule is CCn1c(=O)c(OC)c(O)c2ccc([N+](=O)[O-])cc21. The molecular formula is C12H12N2O5. The van der Waals surface area contributed by atoms with Gasteiger partial charge >= 0.3 is 0 Å². The molecule has 0 aliphatic heterocycles. The van der Waals surface area contributed by atoms with Gasteiger partial charge in [0.25, 0.3) is 11.2 Å². The predicted molar refractivity (Wildman–Crippen MR) is 68.8 cm³/mol. The molecule has 0 saturated heterocycles.